The molecule has 1 rings (SSSR count). The van der Waals surface area contributed by atoms with Gasteiger partial charge in [0, 0.05) is 11.0 Å². The Morgan fingerprint density at radius 3 is 2.69 bits per heavy atom. The zero-order valence-corrected chi connectivity index (χ0v) is 11.1. The monoisotopic (exact) mass is 285 g/mol. The second-order valence-corrected chi connectivity index (χ2v) is 4.63. The molecule has 0 heterocycles. The first kappa shape index (κ1) is 13.2. The van der Waals surface area contributed by atoms with Crippen LogP contribution in [0.5, 0.6) is 0 Å². The van der Waals surface area contributed by atoms with Gasteiger partial charge in [-0.1, -0.05) is 35.0 Å². The summed E-state index contributed by atoms with van der Waals surface area (Å²) in [5.74, 6) is -0.784. The van der Waals surface area contributed by atoms with E-state index in [1.165, 1.54) is 5.56 Å². The maximum absolute atomic E-state index is 10.6. The van der Waals surface area contributed by atoms with Crippen molar-refractivity contribution in [2.45, 2.75) is 20.4 Å². The van der Waals surface area contributed by atoms with Gasteiger partial charge in [0.1, 0.15) is 0 Å². The molecule has 0 unspecified atom stereocenters. The van der Waals surface area contributed by atoms with Crippen molar-refractivity contribution in [2.24, 2.45) is 0 Å². The van der Waals surface area contributed by atoms with Gasteiger partial charge in [0.2, 0.25) is 0 Å². The lowest BCUT2D eigenvalue weighted by molar-refractivity contribution is -0.138. The van der Waals surface area contributed by atoms with Gasteiger partial charge in [0.05, 0.1) is 6.54 Å². The molecule has 0 aliphatic carbocycles. The zero-order chi connectivity index (χ0) is 12.1. The smallest absolute Gasteiger partial charge is 0.317 e. The summed E-state index contributed by atoms with van der Waals surface area (Å²) in [6, 6.07) is 6.11. The van der Waals surface area contributed by atoms with E-state index in [9.17, 15) is 4.79 Å². The topological polar surface area (TPSA) is 40.5 Å². The van der Waals surface area contributed by atoms with Crippen molar-refractivity contribution in [2.75, 3.05) is 13.1 Å². The fourth-order valence-corrected chi connectivity index (χ4v) is 1.89. The van der Waals surface area contributed by atoms with Gasteiger partial charge in [0.15, 0.2) is 0 Å². The van der Waals surface area contributed by atoms with Crippen LogP contribution in [0.3, 0.4) is 0 Å². The number of likely N-dealkylation sites (N-methyl/N-ethyl adjacent to an activating group) is 1. The molecule has 0 amide bonds. The van der Waals surface area contributed by atoms with Crippen LogP contribution in [0.2, 0.25) is 0 Å². The second kappa shape index (κ2) is 6.01. The number of benzene rings is 1. The van der Waals surface area contributed by atoms with Gasteiger partial charge in [0.25, 0.3) is 0 Å². The van der Waals surface area contributed by atoms with Crippen LogP contribution in [0.1, 0.15) is 18.1 Å². The molecule has 0 saturated heterocycles. The molecule has 1 aromatic rings. The van der Waals surface area contributed by atoms with Crippen LogP contribution in [-0.4, -0.2) is 29.1 Å². The van der Waals surface area contributed by atoms with Crippen molar-refractivity contribution >= 4 is 21.9 Å². The molecule has 0 aliphatic rings. The summed E-state index contributed by atoms with van der Waals surface area (Å²) in [7, 11) is 0. The summed E-state index contributed by atoms with van der Waals surface area (Å²) in [4.78, 5) is 12.5. The number of rotatable bonds is 5. The number of carboxylic acids is 1. The minimum Gasteiger partial charge on any atom is -0.480 e. The van der Waals surface area contributed by atoms with Crippen LogP contribution in [-0.2, 0) is 11.3 Å². The van der Waals surface area contributed by atoms with E-state index in [4.69, 9.17) is 5.11 Å². The lowest BCUT2D eigenvalue weighted by Gasteiger charge is -2.18. The van der Waals surface area contributed by atoms with E-state index in [0.717, 1.165) is 16.6 Å². The van der Waals surface area contributed by atoms with Crippen molar-refractivity contribution in [3.05, 3.63) is 33.8 Å². The van der Waals surface area contributed by atoms with E-state index in [1.807, 2.05) is 36.9 Å². The number of hydrogen-bond donors (Lipinski definition) is 1. The van der Waals surface area contributed by atoms with Crippen molar-refractivity contribution in [3.8, 4) is 0 Å². The van der Waals surface area contributed by atoms with Crippen LogP contribution in [0.4, 0.5) is 0 Å². The lowest BCUT2D eigenvalue weighted by atomic mass is 10.1. The van der Waals surface area contributed by atoms with E-state index in [2.05, 4.69) is 15.9 Å². The first-order valence-corrected chi connectivity index (χ1v) is 6.01. The number of aryl methyl sites for hydroxylation is 1. The Hall–Kier alpha value is -0.870. The van der Waals surface area contributed by atoms with E-state index >= 15 is 0 Å². The Balaban J connectivity index is 2.70. The van der Waals surface area contributed by atoms with Crippen LogP contribution < -0.4 is 0 Å². The summed E-state index contributed by atoms with van der Waals surface area (Å²) in [5.41, 5.74) is 2.31. The molecule has 0 fully saturated rings. The van der Waals surface area contributed by atoms with Crippen LogP contribution in [0.15, 0.2) is 22.7 Å². The summed E-state index contributed by atoms with van der Waals surface area (Å²) >= 11 is 3.47. The number of hydrogen-bond acceptors (Lipinski definition) is 2. The third kappa shape index (κ3) is 3.94. The molecule has 0 aliphatic heterocycles. The van der Waals surface area contributed by atoms with Gasteiger partial charge in [-0.05, 0) is 30.7 Å². The molecular formula is C12H16BrNO2. The third-order valence-corrected chi connectivity index (χ3v) is 3.30. The van der Waals surface area contributed by atoms with Gasteiger partial charge in [-0.2, -0.15) is 0 Å². The maximum Gasteiger partial charge on any atom is 0.317 e. The third-order valence-electron chi connectivity index (χ3n) is 2.45. The molecule has 0 bridgehead atoms. The highest BCUT2D eigenvalue weighted by Crippen LogP contribution is 2.18. The first-order chi connectivity index (χ1) is 7.52. The summed E-state index contributed by atoms with van der Waals surface area (Å²) in [5, 5.41) is 8.74. The highest BCUT2D eigenvalue weighted by molar-refractivity contribution is 9.10. The quantitative estimate of drug-likeness (QED) is 0.904. The van der Waals surface area contributed by atoms with Crippen LogP contribution in [0.25, 0.3) is 0 Å². The fraction of sp³-hybridized carbons (Fsp3) is 0.417. The summed E-state index contributed by atoms with van der Waals surface area (Å²) in [6.45, 7) is 5.48. The minimum atomic E-state index is -0.784. The molecule has 0 radical (unpaired) electrons. The Morgan fingerprint density at radius 2 is 2.19 bits per heavy atom. The first-order valence-electron chi connectivity index (χ1n) is 5.22. The summed E-state index contributed by atoms with van der Waals surface area (Å²) in [6.07, 6.45) is 0. The highest BCUT2D eigenvalue weighted by Gasteiger charge is 2.08. The number of carbonyl (C=O) groups is 1. The average molecular weight is 286 g/mol. The molecule has 16 heavy (non-hydrogen) atoms. The van der Waals surface area contributed by atoms with Crippen molar-refractivity contribution in [1.82, 2.24) is 4.90 Å². The Bertz CT molecular complexity index is 379. The molecule has 0 spiro atoms. The number of carboxylic acid groups (broad SMARTS) is 1. The molecule has 4 heteroatoms. The van der Waals surface area contributed by atoms with Crippen molar-refractivity contribution in [3.63, 3.8) is 0 Å². The normalized spacial score (nSPS) is 10.8. The van der Waals surface area contributed by atoms with E-state index in [1.54, 1.807) is 0 Å². The predicted octanol–water partition coefficient (Wildman–Crippen LogP) is 2.66. The summed E-state index contributed by atoms with van der Waals surface area (Å²) < 4.78 is 1.07. The molecule has 1 aromatic carbocycles. The van der Waals surface area contributed by atoms with E-state index < -0.39 is 5.97 Å². The maximum atomic E-state index is 10.6. The zero-order valence-electron chi connectivity index (χ0n) is 9.53. The molecule has 3 nitrogen and oxygen atoms in total. The van der Waals surface area contributed by atoms with Gasteiger partial charge in [-0.25, -0.2) is 0 Å². The molecule has 88 valence electrons. The molecule has 0 atom stereocenters. The molecular weight excluding hydrogens is 270 g/mol. The fourth-order valence-electron chi connectivity index (χ4n) is 1.46. The number of aliphatic carboxylic acids is 1. The van der Waals surface area contributed by atoms with Crippen molar-refractivity contribution < 1.29 is 9.90 Å². The van der Waals surface area contributed by atoms with E-state index in [0.29, 0.717) is 6.54 Å². The predicted molar refractivity (Wildman–Crippen MR) is 67.5 cm³/mol. The average Bonchev–Trinajstić information content (AvgIpc) is 2.22. The number of halogens is 1. The van der Waals surface area contributed by atoms with Gasteiger partial charge in [-0.3, -0.25) is 9.69 Å². The van der Waals surface area contributed by atoms with Gasteiger partial charge >= 0.3 is 5.97 Å². The van der Waals surface area contributed by atoms with Gasteiger partial charge in [-0.15, -0.1) is 0 Å². The molecule has 0 saturated carbocycles. The lowest BCUT2D eigenvalue weighted by Crippen LogP contribution is -2.29. The Morgan fingerprint density at radius 1 is 1.50 bits per heavy atom. The van der Waals surface area contributed by atoms with Gasteiger partial charge < -0.3 is 5.11 Å². The number of nitrogens with zero attached hydrogens (tertiary/aromatic N) is 1. The highest BCUT2D eigenvalue weighted by atomic mass is 79.9. The standard InChI is InChI=1S/C12H16BrNO2/c1-3-14(8-12(15)16)7-10-5-4-9(2)11(13)6-10/h4-6H,3,7-8H2,1-2H3,(H,15,16). The molecule has 0 aromatic heterocycles. The van der Waals surface area contributed by atoms with E-state index in [-0.39, 0.29) is 6.54 Å². The molecule has 1 N–H and O–H groups in total. The van der Waals surface area contributed by atoms with Crippen LogP contribution in [0, 0.1) is 6.92 Å². The minimum absolute atomic E-state index is 0.0853. The second-order valence-electron chi connectivity index (χ2n) is 3.78. The van der Waals surface area contributed by atoms with Crippen LogP contribution >= 0.6 is 15.9 Å². The Kier molecular flexibility index (Phi) is 4.96. The van der Waals surface area contributed by atoms with Crippen molar-refractivity contribution in [1.29, 1.82) is 0 Å². The SMILES string of the molecule is CCN(CC(=O)O)Cc1ccc(C)c(Br)c1. The Labute approximate surface area is 104 Å². The largest absolute Gasteiger partial charge is 0.480 e.